The highest BCUT2D eigenvalue weighted by Crippen LogP contribution is 2.29. The molecule has 4 heteroatoms. The molecule has 0 atom stereocenters. The number of ether oxygens (including phenoxy) is 1. The van der Waals surface area contributed by atoms with E-state index in [1.54, 1.807) is 6.33 Å². The van der Waals surface area contributed by atoms with Crippen molar-refractivity contribution in [3.05, 3.63) is 17.7 Å². The second-order valence-electron chi connectivity index (χ2n) is 4.60. The molecule has 0 spiro atoms. The van der Waals surface area contributed by atoms with Crippen molar-refractivity contribution in [3.8, 4) is 0 Å². The largest absolute Gasteiger partial charge is 0.461 e. The first-order chi connectivity index (χ1) is 8.24. The molecule has 1 aromatic rings. The zero-order valence-electron chi connectivity index (χ0n) is 10.6. The van der Waals surface area contributed by atoms with Crippen LogP contribution in [-0.4, -0.2) is 22.1 Å². The summed E-state index contributed by atoms with van der Waals surface area (Å²) < 4.78 is 7.14. The highest BCUT2D eigenvalue weighted by Gasteiger charge is 2.21. The van der Waals surface area contributed by atoms with Crippen LogP contribution in [0.15, 0.2) is 6.33 Å². The quantitative estimate of drug-likeness (QED) is 0.758. The Morgan fingerprint density at radius 2 is 2.18 bits per heavy atom. The highest BCUT2D eigenvalue weighted by molar-refractivity contribution is 5.88. The normalized spacial score (nSPS) is 17.1. The first-order valence-corrected chi connectivity index (χ1v) is 6.44. The third-order valence-corrected chi connectivity index (χ3v) is 3.48. The predicted octanol–water partition coefficient (Wildman–Crippen LogP) is 2.87. The Morgan fingerprint density at radius 3 is 2.82 bits per heavy atom. The molecule has 1 heterocycles. The fraction of sp³-hybridized carbons (Fsp3) is 0.692. The van der Waals surface area contributed by atoms with Gasteiger partial charge in [-0.25, -0.2) is 9.78 Å². The maximum atomic E-state index is 11.7. The van der Waals surface area contributed by atoms with E-state index in [4.69, 9.17) is 4.74 Å². The van der Waals surface area contributed by atoms with E-state index in [0.29, 0.717) is 18.3 Å². The van der Waals surface area contributed by atoms with Crippen LogP contribution in [-0.2, 0) is 4.74 Å². The van der Waals surface area contributed by atoms with Gasteiger partial charge in [-0.2, -0.15) is 0 Å². The average Bonchev–Trinajstić information content (AvgIpc) is 2.72. The van der Waals surface area contributed by atoms with Gasteiger partial charge in [0.25, 0.3) is 0 Å². The molecule has 0 amide bonds. The van der Waals surface area contributed by atoms with E-state index >= 15 is 0 Å². The summed E-state index contributed by atoms with van der Waals surface area (Å²) in [6.45, 7) is 4.16. The van der Waals surface area contributed by atoms with Crippen molar-refractivity contribution in [3.63, 3.8) is 0 Å². The smallest absolute Gasteiger partial charge is 0.358 e. The van der Waals surface area contributed by atoms with E-state index < -0.39 is 0 Å². The fourth-order valence-electron chi connectivity index (χ4n) is 2.55. The first-order valence-electron chi connectivity index (χ1n) is 6.44. The lowest BCUT2D eigenvalue weighted by Gasteiger charge is -2.24. The van der Waals surface area contributed by atoms with Crippen molar-refractivity contribution in [1.82, 2.24) is 9.55 Å². The molecule has 0 bridgehead atoms. The summed E-state index contributed by atoms with van der Waals surface area (Å²) >= 11 is 0. The average molecular weight is 236 g/mol. The van der Waals surface area contributed by atoms with Gasteiger partial charge in [0.05, 0.1) is 12.9 Å². The second-order valence-corrected chi connectivity index (χ2v) is 4.60. The van der Waals surface area contributed by atoms with Gasteiger partial charge in [-0.3, -0.25) is 0 Å². The fourth-order valence-corrected chi connectivity index (χ4v) is 2.55. The van der Waals surface area contributed by atoms with Crippen LogP contribution in [0.5, 0.6) is 0 Å². The van der Waals surface area contributed by atoms with Gasteiger partial charge in [-0.05, 0) is 26.7 Å². The lowest BCUT2D eigenvalue weighted by Crippen LogP contribution is -2.14. The summed E-state index contributed by atoms with van der Waals surface area (Å²) in [5.74, 6) is -0.306. The minimum absolute atomic E-state index is 0.306. The van der Waals surface area contributed by atoms with Crippen LogP contribution in [0, 0.1) is 6.92 Å². The number of carbonyl (C=O) groups excluding carboxylic acids is 1. The number of imidazole rings is 1. The van der Waals surface area contributed by atoms with Gasteiger partial charge in [0.1, 0.15) is 0 Å². The van der Waals surface area contributed by atoms with E-state index in [1.807, 2.05) is 13.8 Å². The van der Waals surface area contributed by atoms with E-state index in [1.165, 1.54) is 32.1 Å². The number of nitrogens with zero attached hydrogens (tertiary/aromatic N) is 2. The number of hydrogen-bond donors (Lipinski definition) is 0. The monoisotopic (exact) mass is 236 g/mol. The molecular formula is C13H20N2O2. The van der Waals surface area contributed by atoms with Crippen LogP contribution in [0.1, 0.15) is 61.3 Å². The standard InChI is InChI=1S/C13H20N2O2/c1-3-17-13(16)12-10(2)15(9-14-12)11-7-5-4-6-8-11/h9,11H,3-8H2,1-2H3. The van der Waals surface area contributed by atoms with E-state index in [-0.39, 0.29) is 5.97 Å². The molecule has 1 aromatic heterocycles. The SMILES string of the molecule is CCOC(=O)c1ncn(C2CCCCC2)c1C. The van der Waals surface area contributed by atoms with Crippen molar-refractivity contribution in [2.75, 3.05) is 6.61 Å². The molecule has 1 aliphatic rings. The summed E-state index contributed by atoms with van der Waals surface area (Å²) in [4.78, 5) is 15.9. The molecule has 1 aliphatic carbocycles. The van der Waals surface area contributed by atoms with Crippen LogP contribution in [0.3, 0.4) is 0 Å². The van der Waals surface area contributed by atoms with Gasteiger partial charge in [0.2, 0.25) is 0 Å². The molecular weight excluding hydrogens is 216 g/mol. The van der Waals surface area contributed by atoms with E-state index in [2.05, 4.69) is 9.55 Å². The van der Waals surface area contributed by atoms with Crippen LogP contribution < -0.4 is 0 Å². The molecule has 17 heavy (non-hydrogen) atoms. The van der Waals surface area contributed by atoms with Gasteiger partial charge >= 0.3 is 5.97 Å². The molecule has 0 saturated heterocycles. The minimum Gasteiger partial charge on any atom is -0.461 e. The summed E-state index contributed by atoms with van der Waals surface area (Å²) in [5.41, 5.74) is 1.41. The Kier molecular flexibility index (Phi) is 3.82. The third kappa shape index (κ3) is 2.51. The van der Waals surface area contributed by atoms with Gasteiger partial charge in [-0.1, -0.05) is 19.3 Å². The van der Waals surface area contributed by atoms with Crippen molar-refractivity contribution in [2.24, 2.45) is 0 Å². The number of hydrogen-bond acceptors (Lipinski definition) is 3. The first kappa shape index (κ1) is 12.1. The number of aromatic nitrogens is 2. The molecule has 94 valence electrons. The molecule has 4 nitrogen and oxygen atoms in total. The van der Waals surface area contributed by atoms with Crippen LogP contribution in [0.2, 0.25) is 0 Å². The summed E-state index contributed by atoms with van der Waals surface area (Å²) in [6.07, 6.45) is 8.06. The lowest BCUT2D eigenvalue weighted by molar-refractivity contribution is 0.0519. The second kappa shape index (κ2) is 5.34. The Labute approximate surface area is 102 Å². The van der Waals surface area contributed by atoms with E-state index in [0.717, 1.165) is 5.69 Å². The molecule has 2 rings (SSSR count). The Hall–Kier alpha value is -1.32. The van der Waals surface area contributed by atoms with E-state index in [9.17, 15) is 4.79 Å². The van der Waals surface area contributed by atoms with Crippen LogP contribution in [0.4, 0.5) is 0 Å². The topological polar surface area (TPSA) is 44.1 Å². The Morgan fingerprint density at radius 1 is 1.47 bits per heavy atom. The summed E-state index contributed by atoms with van der Waals surface area (Å²) in [7, 11) is 0. The minimum atomic E-state index is -0.306. The van der Waals surface area contributed by atoms with Crippen molar-refractivity contribution in [2.45, 2.75) is 52.0 Å². The maximum absolute atomic E-state index is 11.7. The summed E-state index contributed by atoms with van der Waals surface area (Å²) in [6, 6.07) is 0.513. The van der Waals surface area contributed by atoms with Crippen molar-refractivity contribution < 1.29 is 9.53 Å². The molecule has 0 aromatic carbocycles. The molecule has 1 fully saturated rings. The number of esters is 1. The van der Waals surface area contributed by atoms with Gasteiger partial charge in [0, 0.05) is 11.7 Å². The molecule has 0 N–H and O–H groups in total. The molecule has 0 radical (unpaired) electrons. The molecule has 0 aliphatic heterocycles. The van der Waals surface area contributed by atoms with Crippen molar-refractivity contribution >= 4 is 5.97 Å². The Balaban J connectivity index is 2.16. The summed E-state index contributed by atoms with van der Waals surface area (Å²) in [5, 5.41) is 0. The van der Waals surface area contributed by atoms with Crippen LogP contribution in [0.25, 0.3) is 0 Å². The van der Waals surface area contributed by atoms with Crippen molar-refractivity contribution in [1.29, 1.82) is 0 Å². The lowest BCUT2D eigenvalue weighted by atomic mass is 9.95. The number of rotatable bonds is 3. The van der Waals surface area contributed by atoms with Gasteiger partial charge < -0.3 is 9.30 Å². The number of carbonyl (C=O) groups is 1. The van der Waals surface area contributed by atoms with Gasteiger partial charge in [0.15, 0.2) is 5.69 Å². The van der Waals surface area contributed by atoms with Crippen LogP contribution >= 0.6 is 0 Å². The molecule has 1 saturated carbocycles. The molecule has 0 unspecified atom stereocenters. The zero-order valence-corrected chi connectivity index (χ0v) is 10.6. The third-order valence-electron chi connectivity index (χ3n) is 3.48. The predicted molar refractivity (Wildman–Crippen MR) is 65.0 cm³/mol. The Bertz CT molecular complexity index is 392. The highest BCUT2D eigenvalue weighted by atomic mass is 16.5. The maximum Gasteiger partial charge on any atom is 0.358 e. The zero-order chi connectivity index (χ0) is 12.3. The van der Waals surface area contributed by atoms with Gasteiger partial charge in [-0.15, -0.1) is 0 Å².